The van der Waals surface area contributed by atoms with Crippen LogP contribution < -0.4 is 25.0 Å². The van der Waals surface area contributed by atoms with Crippen molar-refractivity contribution >= 4 is 11.6 Å². The van der Waals surface area contributed by atoms with Gasteiger partial charge in [0.15, 0.2) is 5.96 Å². The van der Waals surface area contributed by atoms with E-state index in [1.807, 2.05) is 24.3 Å². The predicted molar refractivity (Wildman–Crippen MR) is 128 cm³/mol. The van der Waals surface area contributed by atoms with Crippen molar-refractivity contribution in [2.75, 3.05) is 32.1 Å². The van der Waals surface area contributed by atoms with Crippen LogP contribution >= 0.6 is 0 Å². The highest BCUT2D eigenvalue weighted by atomic mass is 19.1. The third-order valence-corrected chi connectivity index (χ3v) is 5.47. The van der Waals surface area contributed by atoms with E-state index < -0.39 is 0 Å². The van der Waals surface area contributed by atoms with Gasteiger partial charge in [-0.15, -0.1) is 0 Å². The molecule has 1 saturated heterocycles. The Bertz CT molecular complexity index is 1070. The molecule has 1 atom stereocenters. The lowest BCUT2D eigenvalue weighted by Gasteiger charge is -2.22. The van der Waals surface area contributed by atoms with Crippen LogP contribution in [0.15, 0.2) is 71.9 Å². The normalized spacial score (nSPS) is 15.9. The Balaban J connectivity index is 1.27. The maximum absolute atomic E-state index is 13.0. The minimum absolute atomic E-state index is 0.283. The van der Waals surface area contributed by atoms with Gasteiger partial charge in [-0.2, -0.15) is 0 Å². The van der Waals surface area contributed by atoms with E-state index in [-0.39, 0.29) is 11.9 Å². The molecule has 0 amide bonds. The maximum atomic E-state index is 13.0. The Morgan fingerprint density at radius 3 is 2.70 bits per heavy atom. The summed E-state index contributed by atoms with van der Waals surface area (Å²) in [5.74, 6) is 2.32. The highest BCUT2D eigenvalue weighted by Crippen LogP contribution is 2.30. The second-order valence-electron chi connectivity index (χ2n) is 7.73. The second kappa shape index (κ2) is 10.7. The van der Waals surface area contributed by atoms with E-state index in [1.54, 1.807) is 38.6 Å². The molecule has 1 aliphatic rings. The zero-order valence-corrected chi connectivity index (χ0v) is 18.8. The number of halogens is 1. The fraction of sp³-hybridized carbons (Fsp3) is 0.280. The summed E-state index contributed by atoms with van der Waals surface area (Å²) in [5.41, 5.74) is 2.10. The number of pyridine rings is 1. The maximum Gasteiger partial charge on any atom is 0.219 e. The fourth-order valence-corrected chi connectivity index (χ4v) is 3.76. The number of para-hydroxylation sites is 2. The van der Waals surface area contributed by atoms with Crippen LogP contribution in [0, 0.1) is 5.82 Å². The third kappa shape index (κ3) is 5.91. The Hall–Kier alpha value is -3.81. The Kier molecular flexibility index (Phi) is 7.24. The number of benzene rings is 2. The molecule has 1 fully saturated rings. The van der Waals surface area contributed by atoms with Gasteiger partial charge < -0.3 is 25.0 Å². The molecule has 1 aliphatic heterocycles. The first kappa shape index (κ1) is 22.4. The van der Waals surface area contributed by atoms with Gasteiger partial charge in [-0.05, 0) is 48.4 Å². The lowest BCUT2D eigenvalue weighted by atomic mass is 10.2. The number of aromatic nitrogens is 1. The molecule has 2 heterocycles. The van der Waals surface area contributed by atoms with E-state index in [0.717, 1.165) is 42.5 Å². The molecule has 1 unspecified atom stereocenters. The van der Waals surface area contributed by atoms with Crippen LogP contribution in [0.5, 0.6) is 17.4 Å². The number of aliphatic imine (C=N–C) groups is 1. The number of nitrogens with zero attached hydrogens (tertiary/aromatic N) is 3. The van der Waals surface area contributed by atoms with Crippen LogP contribution in [-0.4, -0.2) is 44.2 Å². The summed E-state index contributed by atoms with van der Waals surface area (Å²) in [6.07, 6.45) is 2.76. The molecule has 7 nitrogen and oxygen atoms in total. The van der Waals surface area contributed by atoms with E-state index in [0.29, 0.717) is 18.2 Å². The average Bonchev–Trinajstić information content (AvgIpc) is 3.32. The van der Waals surface area contributed by atoms with Crippen LogP contribution in [0.4, 0.5) is 10.1 Å². The van der Waals surface area contributed by atoms with Crippen molar-refractivity contribution in [1.29, 1.82) is 0 Å². The van der Waals surface area contributed by atoms with E-state index in [9.17, 15) is 4.39 Å². The first-order valence-corrected chi connectivity index (χ1v) is 10.9. The monoisotopic (exact) mass is 449 g/mol. The van der Waals surface area contributed by atoms with Gasteiger partial charge >= 0.3 is 0 Å². The number of methoxy groups -OCH3 is 1. The van der Waals surface area contributed by atoms with Gasteiger partial charge in [0.1, 0.15) is 17.3 Å². The zero-order valence-electron chi connectivity index (χ0n) is 18.8. The molecule has 0 aliphatic carbocycles. The summed E-state index contributed by atoms with van der Waals surface area (Å²) in [6.45, 7) is 2.40. The summed E-state index contributed by atoms with van der Waals surface area (Å²) in [4.78, 5) is 11.0. The fourth-order valence-electron chi connectivity index (χ4n) is 3.76. The molecule has 172 valence electrons. The smallest absolute Gasteiger partial charge is 0.219 e. The van der Waals surface area contributed by atoms with E-state index in [2.05, 4.69) is 31.6 Å². The topological polar surface area (TPSA) is 71.0 Å². The third-order valence-electron chi connectivity index (χ3n) is 5.47. The summed E-state index contributed by atoms with van der Waals surface area (Å²) < 4.78 is 24.2. The standard InChI is InChI=1S/C25H28FN5O2/c1-27-25(30-20-13-14-31(17-20)22-5-3-4-6-23(22)32-2)29-16-18-7-12-24(28-15-18)33-21-10-8-19(26)9-11-21/h3-12,15,20H,13-14,16-17H2,1-2H3,(H2,27,29,30). The number of guanidine groups is 1. The van der Waals surface area contributed by atoms with Crippen molar-refractivity contribution < 1.29 is 13.9 Å². The summed E-state index contributed by atoms with van der Waals surface area (Å²) in [6, 6.07) is 17.9. The molecule has 2 N–H and O–H groups in total. The van der Waals surface area contributed by atoms with Gasteiger partial charge in [-0.1, -0.05) is 18.2 Å². The van der Waals surface area contributed by atoms with E-state index in [1.165, 1.54) is 12.1 Å². The molecular weight excluding hydrogens is 421 g/mol. The summed E-state index contributed by atoms with van der Waals surface area (Å²) in [5, 5.41) is 6.84. The van der Waals surface area contributed by atoms with Crippen LogP contribution in [0.3, 0.4) is 0 Å². The summed E-state index contributed by atoms with van der Waals surface area (Å²) in [7, 11) is 3.47. The number of hydrogen-bond donors (Lipinski definition) is 2. The second-order valence-corrected chi connectivity index (χ2v) is 7.73. The Morgan fingerprint density at radius 2 is 1.97 bits per heavy atom. The molecule has 3 aromatic rings. The molecular formula is C25H28FN5O2. The van der Waals surface area contributed by atoms with Gasteiger partial charge in [0.25, 0.3) is 0 Å². The van der Waals surface area contributed by atoms with Crippen LogP contribution in [0.1, 0.15) is 12.0 Å². The predicted octanol–water partition coefficient (Wildman–Crippen LogP) is 3.97. The van der Waals surface area contributed by atoms with E-state index >= 15 is 0 Å². The van der Waals surface area contributed by atoms with Crippen molar-refractivity contribution in [3.8, 4) is 17.4 Å². The first-order chi connectivity index (χ1) is 16.1. The van der Waals surface area contributed by atoms with Crippen molar-refractivity contribution in [3.05, 3.63) is 78.2 Å². The lowest BCUT2D eigenvalue weighted by molar-refractivity contribution is 0.415. The lowest BCUT2D eigenvalue weighted by Crippen LogP contribution is -2.44. The van der Waals surface area contributed by atoms with Crippen LogP contribution in [0.2, 0.25) is 0 Å². The highest BCUT2D eigenvalue weighted by molar-refractivity contribution is 5.80. The first-order valence-electron chi connectivity index (χ1n) is 10.9. The van der Waals surface area contributed by atoms with Crippen molar-refractivity contribution in [3.63, 3.8) is 0 Å². The van der Waals surface area contributed by atoms with Gasteiger partial charge in [0.2, 0.25) is 5.88 Å². The molecule has 0 saturated carbocycles. The Morgan fingerprint density at radius 1 is 1.15 bits per heavy atom. The molecule has 0 radical (unpaired) electrons. The van der Waals surface area contributed by atoms with E-state index in [4.69, 9.17) is 9.47 Å². The SMILES string of the molecule is CN=C(NCc1ccc(Oc2ccc(F)cc2)nc1)NC1CCN(c2ccccc2OC)C1. The minimum atomic E-state index is -0.302. The molecule has 1 aromatic heterocycles. The van der Waals surface area contributed by atoms with Gasteiger partial charge in [-0.3, -0.25) is 4.99 Å². The number of ether oxygens (including phenoxy) is 2. The number of anilines is 1. The average molecular weight is 450 g/mol. The quantitative estimate of drug-likeness (QED) is 0.420. The van der Waals surface area contributed by atoms with Gasteiger partial charge in [0.05, 0.1) is 12.8 Å². The van der Waals surface area contributed by atoms with Gasteiger partial charge in [0, 0.05) is 45.0 Å². The van der Waals surface area contributed by atoms with Crippen molar-refractivity contribution in [2.45, 2.75) is 19.0 Å². The zero-order chi connectivity index (χ0) is 23.0. The largest absolute Gasteiger partial charge is 0.495 e. The van der Waals surface area contributed by atoms with Crippen molar-refractivity contribution in [2.24, 2.45) is 4.99 Å². The number of hydrogen-bond acceptors (Lipinski definition) is 5. The molecule has 0 bridgehead atoms. The van der Waals surface area contributed by atoms with Crippen LogP contribution in [-0.2, 0) is 6.54 Å². The van der Waals surface area contributed by atoms with Crippen LogP contribution in [0.25, 0.3) is 0 Å². The summed E-state index contributed by atoms with van der Waals surface area (Å²) >= 11 is 0. The minimum Gasteiger partial charge on any atom is -0.495 e. The Labute approximate surface area is 193 Å². The molecule has 33 heavy (non-hydrogen) atoms. The number of rotatable bonds is 7. The molecule has 0 spiro atoms. The van der Waals surface area contributed by atoms with Crippen molar-refractivity contribution in [1.82, 2.24) is 15.6 Å². The molecule has 2 aromatic carbocycles. The highest BCUT2D eigenvalue weighted by Gasteiger charge is 2.25. The number of nitrogens with one attached hydrogen (secondary N) is 2. The molecule has 8 heteroatoms. The van der Waals surface area contributed by atoms with Gasteiger partial charge in [-0.25, -0.2) is 9.37 Å². The molecule has 4 rings (SSSR count).